The van der Waals surface area contributed by atoms with Gasteiger partial charge in [-0.25, -0.2) is 8.78 Å². The molecule has 1 saturated carbocycles. The van der Waals surface area contributed by atoms with Crippen LogP contribution in [0.1, 0.15) is 27.2 Å². The van der Waals surface area contributed by atoms with Gasteiger partial charge in [0.1, 0.15) is 5.83 Å². The molecule has 21 heavy (non-hydrogen) atoms. The summed E-state index contributed by atoms with van der Waals surface area (Å²) < 4.78 is 43.5. The van der Waals surface area contributed by atoms with E-state index < -0.39 is 35.9 Å². The molecule has 3 atom stereocenters. The Bertz CT molecular complexity index is 496. The zero-order valence-corrected chi connectivity index (χ0v) is 12.3. The highest BCUT2D eigenvalue weighted by atomic mass is 19.1. The minimum absolute atomic E-state index is 0.136. The lowest BCUT2D eigenvalue weighted by Crippen LogP contribution is -2.20. The maximum absolute atomic E-state index is 13.6. The lowest BCUT2D eigenvalue weighted by Gasteiger charge is -2.11. The van der Waals surface area contributed by atoms with Crippen LogP contribution in [0.3, 0.4) is 0 Å². The first-order chi connectivity index (χ1) is 9.75. The second kappa shape index (κ2) is 6.84. The predicted molar refractivity (Wildman–Crippen MR) is 74.1 cm³/mol. The Hall–Kier alpha value is -1.70. The van der Waals surface area contributed by atoms with Crippen LogP contribution in [-0.4, -0.2) is 18.7 Å². The number of hydrogen-bond acceptors (Lipinski definition) is 2. The Morgan fingerprint density at radius 2 is 2.10 bits per heavy atom. The monoisotopic (exact) mass is 300 g/mol. The second-order valence-corrected chi connectivity index (χ2v) is 5.63. The van der Waals surface area contributed by atoms with Crippen LogP contribution in [0, 0.1) is 29.6 Å². The van der Waals surface area contributed by atoms with Crippen LogP contribution < -0.4 is 0 Å². The molecule has 0 aromatic carbocycles. The van der Waals surface area contributed by atoms with Crippen molar-refractivity contribution in [1.29, 1.82) is 0 Å². The van der Waals surface area contributed by atoms with Gasteiger partial charge in [-0.15, -0.1) is 6.42 Å². The summed E-state index contributed by atoms with van der Waals surface area (Å²) in [5, 5.41) is 0. The third-order valence-corrected chi connectivity index (χ3v) is 3.66. The van der Waals surface area contributed by atoms with Crippen molar-refractivity contribution in [3.8, 4) is 12.3 Å². The summed E-state index contributed by atoms with van der Waals surface area (Å²) in [4.78, 5) is 12.0. The van der Waals surface area contributed by atoms with Gasteiger partial charge >= 0.3 is 5.97 Å². The van der Waals surface area contributed by atoms with E-state index in [1.54, 1.807) is 13.8 Å². The topological polar surface area (TPSA) is 26.3 Å². The first kappa shape index (κ1) is 17.4. The average Bonchev–Trinajstić information content (AvgIpc) is 2.93. The van der Waals surface area contributed by atoms with E-state index in [2.05, 4.69) is 0 Å². The fourth-order valence-electron chi connectivity index (χ4n) is 2.35. The Labute approximate surface area is 123 Å². The zero-order valence-electron chi connectivity index (χ0n) is 12.3. The molecule has 0 aliphatic heterocycles. The van der Waals surface area contributed by atoms with Gasteiger partial charge in [-0.2, -0.15) is 0 Å². The molecule has 5 heteroatoms. The zero-order chi connectivity index (χ0) is 16.2. The smallest absolute Gasteiger partial charge is 0.311 e. The third kappa shape index (κ3) is 4.13. The first-order valence-corrected chi connectivity index (χ1v) is 6.67. The molecule has 1 aliphatic carbocycles. The van der Waals surface area contributed by atoms with Gasteiger partial charge in [0.25, 0.3) is 0 Å². The quantitative estimate of drug-likeness (QED) is 0.549. The van der Waals surface area contributed by atoms with E-state index in [0.29, 0.717) is 0 Å². The van der Waals surface area contributed by atoms with E-state index in [-0.39, 0.29) is 18.2 Å². The van der Waals surface area contributed by atoms with Crippen LogP contribution in [-0.2, 0) is 9.53 Å². The van der Waals surface area contributed by atoms with Crippen LogP contribution >= 0.6 is 0 Å². The second-order valence-electron chi connectivity index (χ2n) is 5.63. The van der Waals surface area contributed by atoms with Crippen molar-refractivity contribution in [2.75, 3.05) is 6.67 Å². The number of rotatable bonds is 6. The maximum Gasteiger partial charge on any atom is 0.311 e. The Kier molecular flexibility index (Phi) is 5.65. The molecule has 3 unspecified atom stereocenters. The van der Waals surface area contributed by atoms with Gasteiger partial charge in [0, 0.05) is 0 Å². The molecule has 0 radical (unpaired) electrons. The third-order valence-electron chi connectivity index (χ3n) is 3.66. The molecule has 1 fully saturated rings. The highest BCUT2D eigenvalue weighted by Crippen LogP contribution is 2.60. The lowest BCUT2D eigenvalue weighted by atomic mass is 10.1. The maximum atomic E-state index is 13.6. The van der Waals surface area contributed by atoms with Gasteiger partial charge in [0.05, 0.1) is 18.4 Å². The Morgan fingerprint density at radius 1 is 1.48 bits per heavy atom. The number of terminal acetylenes is 1. The highest BCUT2D eigenvalue weighted by Gasteiger charge is 2.62. The number of carbonyl (C=O) groups excluding carboxylic acids is 1. The van der Waals surface area contributed by atoms with E-state index >= 15 is 0 Å². The minimum atomic E-state index is -1.46. The van der Waals surface area contributed by atoms with Crippen LogP contribution in [0.4, 0.5) is 13.2 Å². The van der Waals surface area contributed by atoms with Crippen LogP contribution in [0.2, 0.25) is 0 Å². The van der Waals surface area contributed by atoms with Crippen LogP contribution in [0.15, 0.2) is 23.8 Å². The largest absolute Gasteiger partial charge is 0.441 e. The number of alkyl halides is 1. The summed E-state index contributed by atoms with van der Waals surface area (Å²) in [5.74, 6) is -0.773. The van der Waals surface area contributed by atoms with Crippen molar-refractivity contribution in [3.63, 3.8) is 0 Å². The first-order valence-electron chi connectivity index (χ1n) is 6.67. The summed E-state index contributed by atoms with van der Waals surface area (Å²) in [6.07, 6.45) is 5.84. The Balaban J connectivity index is 2.73. The average molecular weight is 300 g/mol. The van der Waals surface area contributed by atoms with Crippen LogP contribution in [0.5, 0.6) is 0 Å². The Morgan fingerprint density at radius 3 is 2.57 bits per heavy atom. The van der Waals surface area contributed by atoms with Gasteiger partial charge in [-0.1, -0.05) is 19.8 Å². The summed E-state index contributed by atoms with van der Waals surface area (Å²) >= 11 is 0. The molecular weight excluding hydrogens is 281 g/mol. The number of ether oxygens (including phenoxy) is 1. The molecule has 0 saturated heterocycles. The SMILES string of the molecule is C#CC(OC(=O)C1C(/C=C(\C)F)C1(C)C)/C(F)=C/CCF. The van der Waals surface area contributed by atoms with E-state index in [1.165, 1.54) is 13.0 Å². The van der Waals surface area contributed by atoms with E-state index in [0.717, 1.165) is 6.08 Å². The van der Waals surface area contributed by atoms with E-state index in [9.17, 15) is 18.0 Å². The number of allylic oxidation sites excluding steroid dienone is 3. The van der Waals surface area contributed by atoms with Gasteiger partial charge < -0.3 is 4.74 Å². The molecule has 0 amide bonds. The molecule has 0 bridgehead atoms. The number of halogens is 3. The van der Waals surface area contributed by atoms with Crippen molar-refractivity contribution >= 4 is 5.97 Å². The summed E-state index contributed by atoms with van der Waals surface area (Å²) in [6, 6.07) is 0. The molecule has 0 N–H and O–H groups in total. The predicted octanol–water partition coefficient (Wildman–Crippen LogP) is 3.89. The van der Waals surface area contributed by atoms with Gasteiger partial charge in [0.2, 0.25) is 6.10 Å². The summed E-state index contributed by atoms with van der Waals surface area (Å²) in [6.45, 7) is 4.16. The number of hydrogen-bond donors (Lipinski definition) is 0. The molecule has 1 aliphatic rings. The molecule has 2 nitrogen and oxygen atoms in total. The van der Waals surface area contributed by atoms with Crippen molar-refractivity contribution in [2.45, 2.75) is 33.3 Å². The number of carbonyl (C=O) groups is 1. The fraction of sp³-hybridized carbons (Fsp3) is 0.562. The molecule has 1 rings (SSSR count). The van der Waals surface area contributed by atoms with Gasteiger partial charge in [-0.05, 0) is 36.8 Å². The van der Waals surface area contributed by atoms with Crippen molar-refractivity contribution < 1.29 is 22.7 Å². The normalized spacial score (nSPS) is 26.0. The summed E-state index contributed by atoms with van der Waals surface area (Å²) in [7, 11) is 0. The van der Waals surface area contributed by atoms with Crippen molar-refractivity contribution in [2.24, 2.45) is 17.3 Å². The molecule has 0 heterocycles. The molecule has 0 aromatic heterocycles. The number of esters is 1. The van der Waals surface area contributed by atoms with Crippen LogP contribution in [0.25, 0.3) is 0 Å². The molecular formula is C16H19F3O2. The summed E-state index contributed by atoms with van der Waals surface area (Å²) in [5.41, 5.74) is -0.456. The molecule has 0 aromatic rings. The lowest BCUT2D eigenvalue weighted by molar-refractivity contribution is -0.148. The standard InChI is InChI=1S/C16H19F3O2/c1-5-13(12(19)7-6-8-17)21-15(20)14-11(9-10(2)18)16(14,3)4/h1,7,9,11,13-14H,6,8H2,2-4H3/b10-9+,12-7-. The van der Waals surface area contributed by atoms with Gasteiger partial charge in [-0.3, -0.25) is 9.18 Å². The molecule has 116 valence electrons. The minimum Gasteiger partial charge on any atom is -0.441 e. The van der Waals surface area contributed by atoms with Crippen molar-refractivity contribution in [1.82, 2.24) is 0 Å². The van der Waals surface area contributed by atoms with Crippen molar-refractivity contribution in [3.05, 3.63) is 23.8 Å². The van der Waals surface area contributed by atoms with E-state index in [4.69, 9.17) is 11.2 Å². The molecule has 0 spiro atoms. The van der Waals surface area contributed by atoms with Gasteiger partial charge in [0.15, 0.2) is 0 Å². The highest BCUT2D eigenvalue weighted by molar-refractivity contribution is 5.78. The fourth-order valence-corrected chi connectivity index (χ4v) is 2.35. The van der Waals surface area contributed by atoms with E-state index in [1.807, 2.05) is 5.92 Å².